The third-order valence-electron chi connectivity index (χ3n) is 2.50. The minimum Gasteiger partial charge on any atom is -0.308 e. The Labute approximate surface area is 88.0 Å². The van der Waals surface area contributed by atoms with E-state index in [1.54, 1.807) is 23.1 Å². The van der Waals surface area contributed by atoms with Crippen LogP contribution in [0.2, 0.25) is 0 Å². The number of nitrogens with zero attached hydrogens (tertiary/aromatic N) is 1. The van der Waals surface area contributed by atoms with E-state index in [9.17, 15) is 9.59 Å². The molecule has 0 radical (unpaired) electrons. The van der Waals surface area contributed by atoms with Crippen LogP contribution in [0.4, 0.5) is 5.69 Å². The van der Waals surface area contributed by atoms with Crippen LogP contribution in [0.3, 0.4) is 0 Å². The Balaban J connectivity index is 2.49. The fraction of sp³-hybridized carbons (Fsp3) is 0.167. The highest BCUT2D eigenvalue weighted by Gasteiger charge is 2.25. The summed E-state index contributed by atoms with van der Waals surface area (Å²) >= 11 is 0. The molecular weight excluding hydrogens is 190 g/mol. The van der Waals surface area contributed by atoms with E-state index >= 15 is 0 Å². The van der Waals surface area contributed by atoms with Crippen molar-refractivity contribution < 1.29 is 9.59 Å². The van der Waals surface area contributed by atoms with E-state index in [0.29, 0.717) is 24.2 Å². The number of benzene rings is 1. The van der Waals surface area contributed by atoms with Crippen LogP contribution in [0.25, 0.3) is 0 Å². The van der Waals surface area contributed by atoms with Gasteiger partial charge in [0, 0.05) is 18.5 Å². The van der Waals surface area contributed by atoms with Crippen molar-refractivity contribution in [2.45, 2.75) is 6.42 Å². The van der Waals surface area contributed by atoms with Crippen LogP contribution in [0.5, 0.6) is 0 Å². The molecule has 0 bridgehead atoms. The van der Waals surface area contributed by atoms with Crippen molar-refractivity contribution in [2.24, 2.45) is 0 Å². The summed E-state index contributed by atoms with van der Waals surface area (Å²) in [5.41, 5.74) is 1.32. The van der Waals surface area contributed by atoms with Gasteiger partial charge >= 0.3 is 0 Å². The van der Waals surface area contributed by atoms with Crippen LogP contribution in [-0.2, 0) is 4.79 Å². The topological polar surface area (TPSA) is 37.4 Å². The zero-order valence-corrected chi connectivity index (χ0v) is 8.27. The number of para-hydroxylation sites is 1. The maximum Gasteiger partial charge on any atom is 0.250 e. The van der Waals surface area contributed by atoms with Gasteiger partial charge in [-0.05, 0) is 18.2 Å². The van der Waals surface area contributed by atoms with Crippen LogP contribution in [-0.4, -0.2) is 18.2 Å². The molecule has 0 fully saturated rings. The Morgan fingerprint density at radius 3 is 2.87 bits per heavy atom. The maximum atomic E-state index is 11.6. The number of carbonyl (C=O) groups is 2. The van der Waals surface area contributed by atoms with E-state index < -0.39 is 0 Å². The lowest BCUT2D eigenvalue weighted by molar-refractivity contribution is -0.114. The highest BCUT2D eigenvalue weighted by Crippen LogP contribution is 2.26. The number of rotatable bonds is 1. The fourth-order valence-electron chi connectivity index (χ4n) is 1.75. The molecule has 1 aromatic carbocycles. The third kappa shape index (κ3) is 1.56. The molecular formula is C12H11NO2. The Bertz CT molecular complexity index is 437. The minimum atomic E-state index is -0.157. The molecule has 0 spiro atoms. The van der Waals surface area contributed by atoms with Gasteiger partial charge in [0.05, 0.1) is 5.69 Å². The van der Waals surface area contributed by atoms with E-state index in [1.165, 1.54) is 6.08 Å². The van der Waals surface area contributed by atoms with Crippen molar-refractivity contribution in [2.75, 3.05) is 11.4 Å². The van der Waals surface area contributed by atoms with Gasteiger partial charge in [-0.25, -0.2) is 0 Å². The van der Waals surface area contributed by atoms with Gasteiger partial charge in [0.2, 0.25) is 5.91 Å². The van der Waals surface area contributed by atoms with E-state index in [4.69, 9.17) is 0 Å². The molecule has 3 nitrogen and oxygen atoms in total. The second-order valence-corrected chi connectivity index (χ2v) is 3.38. The Morgan fingerprint density at radius 1 is 1.40 bits per heavy atom. The summed E-state index contributed by atoms with van der Waals surface area (Å²) in [6, 6.07) is 7.16. The molecule has 0 saturated heterocycles. The SMILES string of the molecule is C=CC(=O)N1CCC(=O)c2ccccc21. The molecule has 1 aliphatic heterocycles. The van der Waals surface area contributed by atoms with E-state index in [-0.39, 0.29) is 11.7 Å². The quantitative estimate of drug-likeness (QED) is 0.649. The van der Waals surface area contributed by atoms with Crippen LogP contribution in [0.15, 0.2) is 36.9 Å². The molecule has 0 atom stereocenters. The monoisotopic (exact) mass is 201 g/mol. The van der Waals surface area contributed by atoms with Gasteiger partial charge in [0.25, 0.3) is 0 Å². The smallest absolute Gasteiger partial charge is 0.250 e. The normalized spacial score (nSPS) is 14.7. The number of fused-ring (bicyclic) bond motifs is 1. The minimum absolute atomic E-state index is 0.0960. The molecule has 0 N–H and O–H groups in total. The lowest BCUT2D eigenvalue weighted by Gasteiger charge is -2.27. The average Bonchev–Trinajstić information content (AvgIpc) is 2.29. The Morgan fingerprint density at radius 2 is 2.13 bits per heavy atom. The summed E-state index contributed by atoms with van der Waals surface area (Å²) in [4.78, 5) is 24.7. The predicted octanol–water partition coefficient (Wildman–Crippen LogP) is 1.79. The number of hydrogen-bond acceptors (Lipinski definition) is 2. The van der Waals surface area contributed by atoms with Gasteiger partial charge in [0.1, 0.15) is 0 Å². The second kappa shape index (κ2) is 3.69. The molecule has 1 aliphatic rings. The molecule has 3 heteroatoms. The summed E-state index contributed by atoms with van der Waals surface area (Å²) in [6.07, 6.45) is 1.66. The number of anilines is 1. The van der Waals surface area contributed by atoms with Crippen molar-refractivity contribution >= 4 is 17.4 Å². The number of hydrogen-bond donors (Lipinski definition) is 0. The van der Waals surface area contributed by atoms with Crippen LogP contribution in [0.1, 0.15) is 16.8 Å². The number of Topliss-reactive ketones (excluding diaryl/α,β-unsaturated/α-hetero) is 1. The zero-order valence-electron chi connectivity index (χ0n) is 8.27. The first kappa shape index (κ1) is 9.65. The van der Waals surface area contributed by atoms with Crippen molar-refractivity contribution in [1.29, 1.82) is 0 Å². The van der Waals surface area contributed by atoms with Crippen molar-refractivity contribution in [1.82, 2.24) is 0 Å². The van der Waals surface area contributed by atoms with Gasteiger partial charge in [-0.15, -0.1) is 0 Å². The summed E-state index contributed by atoms with van der Waals surface area (Å²) in [7, 11) is 0. The number of amides is 1. The van der Waals surface area contributed by atoms with Crippen LogP contribution in [0, 0.1) is 0 Å². The molecule has 0 unspecified atom stereocenters. The van der Waals surface area contributed by atoms with Gasteiger partial charge in [-0.3, -0.25) is 9.59 Å². The largest absolute Gasteiger partial charge is 0.308 e. The highest BCUT2D eigenvalue weighted by atomic mass is 16.2. The number of carbonyl (C=O) groups excluding carboxylic acids is 2. The molecule has 1 aromatic rings. The molecule has 15 heavy (non-hydrogen) atoms. The van der Waals surface area contributed by atoms with Gasteiger partial charge in [-0.2, -0.15) is 0 Å². The molecule has 2 rings (SSSR count). The first-order chi connectivity index (χ1) is 7.24. The van der Waals surface area contributed by atoms with Crippen LogP contribution < -0.4 is 4.90 Å². The van der Waals surface area contributed by atoms with Crippen molar-refractivity contribution in [3.8, 4) is 0 Å². The van der Waals surface area contributed by atoms with Gasteiger partial charge in [0.15, 0.2) is 5.78 Å². The molecule has 0 aromatic heterocycles. The molecule has 1 heterocycles. The van der Waals surface area contributed by atoms with Gasteiger partial charge < -0.3 is 4.90 Å². The maximum absolute atomic E-state index is 11.6. The third-order valence-corrected chi connectivity index (χ3v) is 2.50. The summed E-state index contributed by atoms with van der Waals surface area (Å²) in [5, 5.41) is 0. The summed E-state index contributed by atoms with van der Waals surface area (Å²) in [6.45, 7) is 3.90. The molecule has 1 amide bonds. The van der Waals surface area contributed by atoms with Crippen LogP contribution >= 0.6 is 0 Å². The second-order valence-electron chi connectivity index (χ2n) is 3.38. The molecule has 0 aliphatic carbocycles. The van der Waals surface area contributed by atoms with E-state index in [0.717, 1.165) is 0 Å². The van der Waals surface area contributed by atoms with Crippen molar-refractivity contribution in [3.63, 3.8) is 0 Å². The summed E-state index contributed by atoms with van der Waals surface area (Å²) < 4.78 is 0. The van der Waals surface area contributed by atoms with Gasteiger partial charge in [-0.1, -0.05) is 18.7 Å². The molecule has 76 valence electrons. The first-order valence-corrected chi connectivity index (χ1v) is 4.80. The Kier molecular flexibility index (Phi) is 2.37. The zero-order chi connectivity index (χ0) is 10.8. The lowest BCUT2D eigenvalue weighted by atomic mass is 10.0. The fourth-order valence-corrected chi connectivity index (χ4v) is 1.75. The van der Waals surface area contributed by atoms with E-state index in [2.05, 4.69) is 6.58 Å². The number of ketones is 1. The average molecular weight is 201 g/mol. The summed E-state index contributed by atoms with van der Waals surface area (Å²) in [5.74, 6) is -0.0614. The predicted molar refractivity (Wildman–Crippen MR) is 57.9 cm³/mol. The highest BCUT2D eigenvalue weighted by molar-refractivity contribution is 6.11. The lowest BCUT2D eigenvalue weighted by Crippen LogP contribution is -2.36. The standard InChI is InChI=1S/C12H11NO2/c1-2-12(15)13-8-7-11(14)9-5-3-4-6-10(9)13/h2-6H,1,7-8H2. The first-order valence-electron chi connectivity index (χ1n) is 4.80. The Hall–Kier alpha value is -1.90. The van der Waals surface area contributed by atoms with E-state index in [1.807, 2.05) is 6.07 Å². The molecule has 0 saturated carbocycles. The van der Waals surface area contributed by atoms with Crippen molar-refractivity contribution in [3.05, 3.63) is 42.5 Å².